The number of anilines is 1. The van der Waals surface area contributed by atoms with Gasteiger partial charge in [-0.15, -0.1) is 0 Å². The molecule has 21 heavy (non-hydrogen) atoms. The van der Waals surface area contributed by atoms with Crippen LogP contribution < -0.4 is 9.64 Å². The Morgan fingerprint density at radius 2 is 2.10 bits per heavy atom. The fourth-order valence-corrected chi connectivity index (χ4v) is 2.48. The number of ether oxygens (including phenoxy) is 2. The van der Waals surface area contributed by atoms with E-state index in [1.807, 2.05) is 30.3 Å². The van der Waals surface area contributed by atoms with Crippen molar-refractivity contribution < 1.29 is 9.47 Å². The molecule has 6 heteroatoms. The highest BCUT2D eigenvalue weighted by molar-refractivity contribution is 6.30. The topological polar surface area (TPSA) is 47.5 Å². The zero-order valence-electron chi connectivity index (χ0n) is 11.7. The number of benzene rings is 1. The molecule has 1 fully saturated rings. The second-order valence-corrected chi connectivity index (χ2v) is 5.21. The summed E-state index contributed by atoms with van der Waals surface area (Å²) in [6.07, 6.45) is 1.53. The zero-order valence-corrected chi connectivity index (χ0v) is 12.5. The first kappa shape index (κ1) is 14.1. The maximum Gasteiger partial charge on any atom is 0.218 e. The molecule has 1 aliphatic rings. The first-order chi connectivity index (χ1) is 10.3. The van der Waals surface area contributed by atoms with E-state index in [0.717, 1.165) is 29.5 Å². The van der Waals surface area contributed by atoms with Gasteiger partial charge in [-0.2, -0.15) is 0 Å². The van der Waals surface area contributed by atoms with Gasteiger partial charge in [0.1, 0.15) is 18.2 Å². The van der Waals surface area contributed by atoms with Gasteiger partial charge < -0.3 is 14.4 Å². The molecular weight excluding hydrogens is 290 g/mol. The molecule has 5 nitrogen and oxygen atoms in total. The van der Waals surface area contributed by atoms with Crippen LogP contribution >= 0.6 is 11.6 Å². The molecule has 0 aliphatic carbocycles. The first-order valence-electron chi connectivity index (χ1n) is 6.74. The maximum absolute atomic E-state index is 5.93. The van der Waals surface area contributed by atoms with Crippen LogP contribution in [0.4, 0.5) is 5.82 Å². The standard InChI is InChI=1S/C15H16ClN3O2/c1-20-15-8-14(17-10-18-15)19-6-7-21-13(9-19)11-2-4-12(16)5-3-11/h2-5,8,10,13H,6-7,9H2,1H3. The summed E-state index contributed by atoms with van der Waals surface area (Å²) in [6, 6.07) is 9.60. The summed E-state index contributed by atoms with van der Waals surface area (Å²) >= 11 is 5.93. The lowest BCUT2D eigenvalue weighted by atomic mass is 10.1. The van der Waals surface area contributed by atoms with Crippen LogP contribution in [-0.4, -0.2) is 36.8 Å². The predicted molar refractivity (Wildman–Crippen MR) is 80.9 cm³/mol. The Bertz CT molecular complexity index is 606. The van der Waals surface area contributed by atoms with Crippen LogP contribution in [0, 0.1) is 0 Å². The summed E-state index contributed by atoms with van der Waals surface area (Å²) in [5.74, 6) is 1.42. The lowest BCUT2D eigenvalue weighted by Gasteiger charge is -2.34. The molecule has 1 aromatic carbocycles. The van der Waals surface area contributed by atoms with E-state index in [9.17, 15) is 0 Å². The monoisotopic (exact) mass is 305 g/mol. The third-order valence-electron chi connectivity index (χ3n) is 3.47. The van der Waals surface area contributed by atoms with Crippen LogP contribution in [-0.2, 0) is 4.74 Å². The molecule has 0 radical (unpaired) electrons. The molecule has 0 saturated carbocycles. The number of nitrogens with zero attached hydrogens (tertiary/aromatic N) is 3. The molecular formula is C15H16ClN3O2. The summed E-state index contributed by atoms with van der Waals surface area (Å²) in [4.78, 5) is 10.5. The second kappa shape index (κ2) is 6.28. The van der Waals surface area contributed by atoms with E-state index in [1.54, 1.807) is 7.11 Å². The van der Waals surface area contributed by atoms with Crippen LogP contribution in [0.5, 0.6) is 5.88 Å². The van der Waals surface area contributed by atoms with Crippen molar-refractivity contribution in [2.45, 2.75) is 6.10 Å². The number of aromatic nitrogens is 2. The number of hydrogen-bond donors (Lipinski definition) is 0. The third kappa shape index (κ3) is 3.25. The Hall–Kier alpha value is -1.85. The van der Waals surface area contributed by atoms with Gasteiger partial charge in [0.25, 0.3) is 0 Å². The molecule has 2 aromatic rings. The van der Waals surface area contributed by atoms with Gasteiger partial charge in [-0.05, 0) is 17.7 Å². The first-order valence-corrected chi connectivity index (χ1v) is 7.12. The second-order valence-electron chi connectivity index (χ2n) is 4.78. The van der Waals surface area contributed by atoms with E-state index in [1.165, 1.54) is 6.33 Å². The maximum atomic E-state index is 5.93. The van der Waals surface area contributed by atoms with Crippen molar-refractivity contribution in [3.8, 4) is 5.88 Å². The highest BCUT2D eigenvalue weighted by Crippen LogP contribution is 2.26. The van der Waals surface area contributed by atoms with E-state index < -0.39 is 0 Å². The van der Waals surface area contributed by atoms with E-state index in [2.05, 4.69) is 14.9 Å². The van der Waals surface area contributed by atoms with Crippen molar-refractivity contribution in [2.24, 2.45) is 0 Å². The molecule has 110 valence electrons. The quantitative estimate of drug-likeness (QED) is 0.872. The summed E-state index contributed by atoms with van der Waals surface area (Å²) < 4.78 is 11.0. The molecule has 0 N–H and O–H groups in total. The fraction of sp³-hybridized carbons (Fsp3) is 0.333. The average molecular weight is 306 g/mol. The molecule has 1 aromatic heterocycles. The Morgan fingerprint density at radius 1 is 1.29 bits per heavy atom. The Kier molecular flexibility index (Phi) is 4.22. The van der Waals surface area contributed by atoms with Crippen molar-refractivity contribution in [3.05, 3.63) is 47.2 Å². The van der Waals surface area contributed by atoms with Crippen molar-refractivity contribution in [2.75, 3.05) is 31.7 Å². The molecule has 3 rings (SSSR count). The lowest BCUT2D eigenvalue weighted by Crippen LogP contribution is -2.38. The van der Waals surface area contributed by atoms with Crippen LogP contribution in [0.1, 0.15) is 11.7 Å². The van der Waals surface area contributed by atoms with Gasteiger partial charge in [-0.3, -0.25) is 0 Å². The molecule has 0 spiro atoms. The highest BCUT2D eigenvalue weighted by Gasteiger charge is 2.23. The van der Waals surface area contributed by atoms with Gasteiger partial charge in [0.2, 0.25) is 5.88 Å². The largest absolute Gasteiger partial charge is 0.481 e. The van der Waals surface area contributed by atoms with Gasteiger partial charge >= 0.3 is 0 Å². The Balaban J connectivity index is 1.77. The Morgan fingerprint density at radius 3 is 2.86 bits per heavy atom. The van der Waals surface area contributed by atoms with Gasteiger partial charge in [0.15, 0.2) is 0 Å². The van der Waals surface area contributed by atoms with Crippen molar-refractivity contribution in [1.82, 2.24) is 9.97 Å². The molecule has 0 bridgehead atoms. The van der Waals surface area contributed by atoms with Crippen molar-refractivity contribution >= 4 is 17.4 Å². The van der Waals surface area contributed by atoms with Crippen molar-refractivity contribution in [3.63, 3.8) is 0 Å². The number of methoxy groups -OCH3 is 1. The summed E-state index contributed by atoms with van der Waals surface area (Å²) in [6.45, 7) is 2.19. The summed E-state index contributed by atoms with van der Waals surface area (Å²) in [5.41, 5.74) is 1.12. The van der Waals surface area contributed by atoms with Crippen LogP contribution in [0.25, 0.3) is 0 Å². The minimum Gasteiger partial charge on any atom is -0.481 e. The molecule has 2 heterocycles. The predicted octanol–water partition coefficient (Wildman–Crippen LogP) is 2.72. The van der Waals surface area contributed by atoms with Crippen LogP contribution in [0.2, 0.25) is 5.02 Å². The SMILES string of the molecule is COc1cc(N2CCOC(c3ccc(Cl)cc3)C2)ncn1. The van der Waals surface area contributed by atoms with E-state index in [4.69, 9.17) is 21.1 Å². The van der Waals surface area contributed by atoms with Crippen LogP contribution in [0.15, 0.2) is 36.7 Å². The average Bonchev–Trinajstić information content (AvgIpc) is 2.56. The number of rotatable bonds is 3. The minimum atomic E-state index is 0.0111. The molecule has 1 atom stereocenters. The third-order valence-corrected chi connectivity index (χ3v) is 3.72. The van der Waals surface area contributed by atoms with E-state index >= 15 is 0 Å². The van der Waals surface area contributed by atoms with E-state index in [-0.39, 0.29) is 6.10 Å². The number of halogens is 1. The molecule has 1 unspecified atom stereocenters. The normalized spacial score (nSPS) is 18.6. The lowest BCUT2D eigenvalue weighted by molar-refractivity contribution is 0.0395. The molecule has 1 saturated heterocycles. The van der Waals surface area contributed by atoms with E-state index in [0.29, 0.717) is 12.5 Å². The molecule has 0 amide bonds. The fourth-order valence-electron chi connectivity index (χ4n) is 2.35. The van der Waals surface area contributed by atoms with Gasteiger partial charge in [0, 0.05) is 24.2 Å². The number of morpholine rings is 1. The zero-order chi connectivity index (χ0) is 14.7. The highest BCUT2D eigenvalue weighted by atomic mass is 35.5. The Labute approximate surface area is 128 Å². The van der Waals surface area contributed by atoms with Gasteiger partial charge in [-0.25, -0.2) is 9.97 Å². The van der Waals surface area contributed by atoms with Crippen molar-refractivity contribution in [1.29, 1.82) is 0 Å². The number of hydrogen-bond acceptors (Lipinski definition) is 5. The van der Waals surface area contributed by atoms with Gasteiger partial charge in [-0.1, -0.05) is 23.7 Å². The van der Waals surface area contributed by atoms with Gasteiger partial charge in [0.05, 0.1) is 13.7 Å². The summed E-state index contributed by atoms with van der Waals surface area (Å²) in [7, 11) is 1.60. The smallest absolute Gasteiger partial charge is 0.218 e. The summed E-state index contributed by atoms with van der Waals surface area (Å²) in [5, 5.41) is 0.729. The minimum absolute atomic E-state index is 0.0111. The molecule has 1 aliphatic heterocycles. The van der Waals surface area contributed by atoms with Crippen LogP contribution in [0.3, 0.4) is 0 Å².